The number of aromatic nitrogens is 1. The number of nitrogens with zero attached hydrogens (tertiary/aromatic N) is 1. The van der Waals surface area contributed by atoms with Gasteiger partial charge in [-0.15, -0.1) is 0 Å². The number of methoxy groups -OCH3 is 1. The van der Waals surface area contributed by atoms with E-state index < -0.39 is 0 Å². The maximum absolute atomic E-state index is 5.96. The third-order valence-corrected chi connectivity index (χ3v) is 3.92. The summed E-state index contributed by atoms with van der Waals surface area (Å²) in [4.78, 5) is 4.46. The van der Waals surface area contributed by atoms with Crippen LogP contribution in [0.1, 0.15) is 42.5 Å². The molecule has 2 N–H and O–H groups in total. The fraction of sp³-hybridized carbons (Fsp3) is 0.667. The van der Waals surface area contributed by atoms with Gasteiger partial charge in [0.25, 0.3) is 0 Å². The van der Waals surface area contributed by atoms with E-state index in [0.717, 1.165) is 48.3 Å². The number of nitrogens with two attached hydrogens (primary N) is 1. The first-order valence-electron chi connectivity index (χ1n) is 6.98. The molecule has 1 saturated carbocycles. The maximum atomic E-state index is 5.96. The standard InChI is InChI=1S/C15H24N2O2/c1-10-8-17-14(11(2)15(10)18-3)9-19-13-6-4-12(16)5-7-13/h8,12-13H,4-7,9,16H2,1-3H3. The molecule has 19 heavy (non-hydrogen) atoms. The molecule has 0 spiro atoms. The van der Waals surface area contributed by atoms with Crippen LogP contribution in [0, 0.1) is 13.8 Å². The third kappa shape index (κ3) is 3.45. The monoisotopic (exact) mass is 264 g/mol. The average molecular weight is 264 g/mol. The Morgan fingerprint density at radius 1 is 1.26 bits per heavy atom. The van der Waals surface area contributed by atoms with Crippen LogP contribution >= 0.6 is 0 Å². The van der Waals surface area contributed by atoms with E-state index in [9.17, 15) is 0 Å². The molecule has 1 heterocycles. The molecule has 4 heteroatoms. The van der Waals surface area contributed by atoms with Crippen molar-refractivity contribution >= 4 is 0 Å². The van der Waals surface area contributed by atoms with Crippen molar-refractivity contribution in [1.29, 1.82) is 0 Å². The average Bonchev–Trinajstić information content (AvgIpc) is 2.40. The predicted octanol–water partition coefficient (Wildman–Crippen LogP) is 2.49. The molecule has 4 nitrogen and oxygen atoms in total. The molecule has 1 aromatic rings. The molecule has 0 bridgehead atoms. The van der Waals surface area contributed by atoms with E-state index in [1.54, 1.807) is 7.11 Å². The van der Waals surface area contributed by atoms with Crippen molar-refractivity contribution in [2.75, 3.05) is 7.11 Å². The lowest BCUT2D eigenvalue weighted by molar-refractivity contribution is 0.0119. The summed E-state index contributed by atoms with van der Waals surface area (Å²) in [5, 5.41) is 0. The molecule has 0 unspecified atom stereocenters. The molecule has 0 amide bonds. The van der Waals surface area contributed by atoms with Gasteiger partial charge in [0.05, 0.1) is 25.5 Å². The smallest absolute Gasteiger partial charge is 0.128 e. The van der Waals surface area contributed by atoms with Crippen LogP contribution in [0.2, 0.25) is 0 Å². The summed E-state index contributed by atoms with van der Waals surface area (Å²) in [5.74, 6) is 0.916. The van der Waals surface area contributed by atoms with Crippen molar-refractivity contribution in [2.24, 2.45) is 5.73 Å². The Morgan fingerprint density at radius 2 is 1.95 bits per heavy atom. The van der Waals surface area contributed by atoms with Crippen LogP contribution in [-0.4, -0.2) is 24.2 Å². The first-order chi connectivity index (χ1) is 9.11. The summed E-state index contributed by atoms with van der Waals surface area (Å²) in [6.45, 7) is 4.60. The van der Waals surface area contributed by atoms with E-state index in [4.69, 9.17) is 15.2 Å². The van der Waals surface area contributed by atoms with E-state index in [0.29, 0.717) is 18.8 Å². The molecule has 1 aliphatic rings. The Kier molecular flexibility index (Phi) is 4.77. The fourth-order valence-corrected chi connectivity index (χ4v) is 2.67. The zero-order valence-electron chi connectivity index (χ0n) is 12.1. The summed E-state index contributed by atoms with van der Waals surface area (Å²) in [7, 11) is 1.70. The molecule has 1 aliphatic carbocycles. The summed E-state index contributed by atoms with van der Waals surface area (Å²) in [6.07, 6.45) is 6.42. The van der Waals surface area contributed by atoms with E-state index in [2.05, 4.69) is 4.98 Å². The highest BCUT2D eigenvalue weighted by molar-refractivity contribution is 5.40. The maximum Gasteiger partial charge on any atom is 0.128 e. The first-order valence-corrected chi connectivity index (χ1v) is 6.98. The Morgan fingerprint density at radius 3 is 2.58 bits per heavy atom. The summed E-state index contributed by atoms with van der Waals surface area (Å²) in [6, 6.07) is 0.360. The van der Waals surface area contributed by atoms with Gasteiger partial charge in [-0.3, -0.25) is 4.98 Å². The number of pyridine rings is 1. The van der Waals surface area contributed by atoms with Crippen molar-refractivity contribution < 1.29 is 9.47 Å². The number of ether oxygens (including phenoxy) is 2. The molecular formula is C15H24N2O2. The number of hydrogen-bond donors (Lipinski definition) is 1. The topological polar surface area (TPSA) is 57.4 Å². The molecule has 1 aromatic heterocycles. The quantitative estimate of drug-likeness (QED) is 0.907. The molecular weight excluding hydrogens is 240 g/mol. The lowest BCUT2D eigenvalue weighted by atomic mass is 9.94. The van der Waals surface area contributed by atoms with Crippen LogP contribution in [0.5, 0.6) is 5.75 Å². The molecule has 106 valence electrons. The van der Waals surface area contributed by atoms with Crippen molar-refractivity contribution in [1.82, 2.24) is 4.98 Å². The van der Waals surface area contributed by atoms with Gasteiger partial charge >= 0.3 is 0 Å². The normalized spacial score (nSPS) is 23.4. The minimum atomic E-state index is 0.327. The summed E-state index contributed by atoms with van der Waals surface area (Å²) >= 11 is 0. The van der Waals surface area contributed by atoms with Gasteiger partial charge in [0, 0.05) is 23.4 Å². The van der Waals surface area contributed by atoms with Gasteiger partial charge in [-0.25, -0.2) is 0 Å². The molecule has 0 saturated heterocycles. The highest BCUT2D eigenvalue weighted by atomic mass is 16.5. The van der Waals surface area contributed by atoms with Gasteiger partial charge in [0.15, 0.2) is 0 Å². The molecule has 0 aliphatic heterocycles. The van der Waals surface area contributed by atoms with E-state index in [1.165, 1.54) is 0 Å². The van der Waals surface area contributed by atoms with Gasteiger partial charge in [0.2, 0.25) is 0 Å². The van der Waals surface area contributed by atoms with Crippen LogP contribution in [-0.2, 0) is 11.3 Å². The summed E-state index contributed by atoms with van der Waals surface area (Å²) < 4.78 is 11.4. The third-order valence-electron chi connectivity index (χ3n) is 3.92. The van der Waals surface area contributed by atoms with Crippen LogP contribution in [0.4, 0.5) is 0 Å². The van der Waals surface area contributed by atoms with Crippen molar-refractivity contribution in [3.05, 3.63) is 23.0 Å². The fourth-order valence-electron chi connectivity index (χ4n) is 2.67. The molecule has 0 radical (unpaired) electrons. The van der Waals surface area contributed by atoms with Crippen molar-refractivity contribution in [2.45, 2.75) is 58.3 Å². The molecule has 0 aromatic carbocycles. The minimum Gasteiger partial charge on any atom is -0.496 e. The highest BCUT2D eigenvalue weighted by Gasteiger charge is 2.19. The van der Waals surface area contributed by atoms with Crippen LogP contribution < -0.4 is 10.5 Å². The van der Waals surface area contributed by atoms with Crippen LogP contribution in [0.25, 0.3) is 0 Å². The molecule has 1 fully saturated rings. The Hall–Kier alpha value is -1.13. The number of hydrogen-bond acceptors (Lipinski definition) is 4. The van der Waals surface area contributed by atoms with Gasteiger partial charge in [-0.2, -0.15) is 0 Å². The Bertz CT molecular complexity index is 426. The van der Waals surface area contributed by atoms with Gasteiger partial charge in [-0.05, 0) is 39.5 Å². The Balaban J connectivity index is 1.96. The van der Waals surface area contributed by atoms with E-state index >= 15 is 0 Å². The largest absolute Gasteiger partial charge is 0.496 e. The first kappa shape index (κ1) is 14.3. The summed E-state index contributed by atoms with van der Waals surface area (Å²) in [5.41, 5.74) is 9.01. The lowest BCUT2D eigenvalue weighted by Crippen LogP contribution is -2.30. The predicted molar refractivity (Wildman–Crippen MR) is 75.3 cm³/mol. The molecule has 0 atom stereocenters. The van der Waals surface area contributed by atoms with Crippen molar-refractivity contribution in [3.63, 3.8) is 0 Å². The zero-order valence-corrected chi connectivity index (χ0v) is 12.1. The molecule has 2 rings (SSSR count). The van der Waals surface area contributed by atoms with Gasteiger partial charge < -0.3 is 15.2 Å². The SMILES string of the molecule is COc1c(C)cnc(COC2CCC(N)CC2)c1C. The lowest BCUT2D eigenvalue weighted by Gasteiger charge is -2.26. The second kappa shape index (κ2) is 6.35. The van der Waals surface area contributed by atoms with Crippen LogP contribution in [0.3, 0.4) is 0 Å². The van der Waals surface area contributed by atoms with Gasteiger partial charge in [-0.1, -0.05) is 0 Å². The number of rotatable bonds is 4. The second-order valence-corrected chi connectivity index (χ2v) is 5.39. The minimum absolute atomic E-state index is 0.327. The zero-order chi connectivity index (χ0) is 13.8. The Labute approximate surface area is 115 Å². The number of aryl methyl sites for hydroxylation is 1. The highest BCUT2D eigenvalue weighted by Crippen LogP contribution is 2.26. The second-order valence-electron chi connectivity index (χ2n) is 5.39. The van der Waals surface area contributed by atoms with Crippen LogP contribution in [0.15, 0.2) is 6.20 Å². The van der Waals surface area contributed by atoms with Gasteiger partial charge in [0.1, 0.15) is 5.75 Å². The van der Waals surface area contributed by atoms with E-state index in [-0.39, 0.29) is 0 Å². The van der Waals surface area contributed by atoms with Crippen molar-refractivity contribution in [3.8, 4) is 5.75 Å². The van der Waals surface area contributed by atoms with E-state index in [1.807, 2.05) is 20.0 Å².